The molecule has 0 aromatic carbocycles. The molecule has 0 radical (unpaired) electrons. The van der Waals surface area contributed by atoms with E-state index in [9.17, 15) is 0 Å². The van der Waals surface area contributed by atoms with Crippen LogP contribution in [0.4, 0.5) is 0 Å². The van der Waals surface area contributed by atoms with E-state index in [2.05, 4.69) is 29.1 Å². The number of aromatic nitrogens is 2. The zero-order valence-corrected chi connectivity index (χ0v) is 10.5. The zero-order valence-electron chi connectivity index (χ0n) is 9.66. The van der Waals surface area contributed by atoms with Crippen molar-refractivity contribution in [1.82, 2.24) is 15.3 Å². The van der Waals surface area contributed by atoms with Gasteiger partial charge in [-0.1, -0.05) is 13.8 Å². The van der Waals surface area contributed by atoms with Crippen LogP contribution in [0.1, 0.15) is 25.4 Å². The molecule has 15 heavy (non-hydrogen) atoms. The summed E-state index contributed by atoms with van der Waals surface area (Å²) in [7, 11) is 1.93. The largest absolute Gasteiger partial charge is 0.314 e. The topological polar surface area (TPSA) is 37.8 Å². The van der Waals surface area contributed by atoms with Crippen molar-refractivity contribution in [3.05, 3.63) is 23.8 Å². The summed E-state index contributed by atoms with van der Waals surface area (Å²) in [4.78, 5) is 8.72. The van der Waals surface area contributed by atoms with Crippen LogP contribution in [0.15, 0.2) is 12.3 Å². The smallest absolute Gasteiger partial charge is 0.138 e. The van der Waals surface area contributed by atoms with E-state index in [1.165, 1.54) is 5.75 Å². The van der Waals surface area contributed by atoms with Gasteiger partial charge in [-0.25, -0.2) is 9.97 Å². The standard InChI is InChI=1S/C11H19N3S/c1-9(2)7-15-8-11-13-5-4-10(14-11)6-12-3/h4-5,9,12H,6-8H2,1-3H3. The van der Waals surface area contributed by atoms with Crippen molar-refractivity contribution in [3.8, 4) is 0 Å². The van der Waals surface area contributed by atoms with Gasteiger partial charge in [-0.05, 0) is 24.8 Å². The van der Waals surface area contributed by atoms with Crippen molar-refractivity contribution < 1.29 is 0 Å². The molecule has 0 saturated heterocycles. The van der Waals surface area contributed by atoms with Gasteiger partial charge in [-0.15, -0.1) is 0 Å². The molecule has 1 rings (SSSR count). The van der Waals surface area contributed by atoms with Gasteiger partial charge < -0.3 is 5.32 Å². The van der Waals surface area contributed by atoms with E-state index in [0.717, 1.165) is 29.7 Å². The fourth-order valence-corrected chi connectivity index (χ4v) is 2.09. The van der Waals surface area contributed by atoms with E-state index >= 15 is 0 Å². The molecular formula is C11H19N3S. The number of nitrogens with one attached hydrogen (secondary N) is 1. The summed E-state index contributed by atoms with van der Waals surface area (Å²) in [6, 6.07) is 1.95. The number of rotatable bonds is 6. The molecule has 0 amide bonds. The first kappa shape index (κ1) is 12.5. The normalized spacial score (nSPS) is 10.9. The first-order valence-corrected chi connectivity index (χ1v) is 6.41. The van der Waals surface area contributed by atoms with Crippen LogP contribution in [0.5, 0.6) is 0 Å². The average Bonchev–Trinajstić information content (AvgIpc) is 2.18. The number of hydrogen-bond donors (Lipinski definition) is 1. The van der Waals surface area contributed by atoms with E-state index in [1.54, 1.807) is 0 Å². The summed E-state index contributed by atoms with van der Waals surface area (Å²) in [5, 5.41) is 3.09. The first-order chi connectivity index (χ1) is 7.22. The molecule has 0 aliphatic carbocycles. The van der Waals surface area contributed by atoms with Crippen molar-refractivity contribution in [1.29, 1.82) is 0 Å². The molecule has 1 N–H and O–H groups in total. The van der Waals surface area contributed by atoms with Gasteiger partial charge in [0.05, 0.1) is 11.4 Å². The molecule has 0 saturated carbocycles. The molecule has 0 bridgehead atoms. The Balaban J connectivity index is 2.43. The van der Waals surface area contributed by atoms with Crippen LogP contribution in [0.25, 0.3) is 0 Å². The molecule has 1 aromatic heterocycles. The Morgan fingerprint density at radius 3 is 2.93 bits per heavy atom. The molecular weight excluding hydrogens is 206 g/mol. The molecule has 0 aliphatic heterocycles. The predicted octanol–water partition coefficient (Wildman–Crippen LogP) is 2.09. The SMILES string of the molecule is CNCc1ccnc(CSCC(C)C)n1. The minimum Gasteiger partial charge on any atom is -0.314 e. The van der Waals surface area contributed by atoms with E-state index in [-0.39, 0.29) is 0 Å². The second-order valence-corrected chi connectivity index (χ2v) is 4.93. The lowest BCUT2D eigenvalue weighted by atomic mass is 10.3. The summed E-state index contributed by atoms with van der Waals surface area (Å²) in [5.74, 6) is 3.75. The van der Waals surface area contributed by atoms with E-state index in [1.807, 2.05) is 31.1 Å². The molecule has 0 unspecified atom stereocenters. The first-order valence-electron chi connectivity index (χ1n) is 5.25. The molecule has 0 aliphatic rings. The van der Waals surface area contributed by atoms with Crippen molar-refractivity contribution in [2.24, 2.45) is 5.92 Å². The van der Waals surface area contributed by atoms with E-state index < -0.39 is 0 Å². The second-order valence-electron chi connectivity index (χ2n) is 3.90. The Hall–Kier alpha value is -0.610. The van der Waals surface area contributed by atoms with Crippen LogP contribution in [0.2, 0.25) is 0 Å². The van der Waals surface area contributed by atoms with Gasteiger partial charge >= 0.3 is 0 Å². The molecule has 3 nitrogen and oxygen atoms in total. The molecule has 1 aromatic rings. The van der Waals surface area contributed by atoms with Crippen LogP contribution in [0, 0.1) is 5.92 Å². The van der Waals surface area contributed by atoms with Crippen molar-refractivity contribution in [3.63, 3.8) is 0 Å². The molecule has 0 fully saturated rings. The Kier molecular flexibility index (Phi) is 5.65. The lowest BCUT2D eigenvalue weighted by Gasteiger charge is -2.05. The number of thioether (sulfide) groups is 1. The van der Waals surface area contributed by atoms with Crippen molar-refractivity contribution >= 4 is 11.8 Å². The van der Waals surface area contributed by atoms with Crippen molar-refractivity contribution in [2.75, 3.05) is 12.8 Å². The fraction of sp³-hybridized carbons (Fsp3) is 0.636. The monoisotopic (exact) mass is 225 g/mol. The summed E-state index contributed by atoms with van der Waals surface area (Å²) in [6.07, 6.45) is 1.84. The predicted molar refractivity (Wildman–Crippen MR) is 65.8 cm³/mol. The lowest BCUT2D eigenvalue weighted by Crippen LogP contribution is -2.08. The highest BCUT2D eigenvalue weighted by Gasteiger charge is 2.00. The molecule has 84 valence electrons. The maximum Gasteiger partial charge on any atom is 0.138 e. The van der Waals surface area contributed by atoms with Gasteiger partial charge in [0.15, 0.2) is 0 Å². The maximum atomic E-state index is 4.46. The third-order valence-corrected chi connectivity index (χ3v) is 3.17. The molecule has 0 atom stereocenters. The third kappa shape index (κ3) is 5.14. The second kappa shape index (κ2) is 6.80. The van der Waals surface area contributed by atoms with Crippen LogP contribution in [0.3, 0.4) is 0 Å². The highest BCUT2D eigenvalue weighted by molar-refractivity contribution is 7.98. The minimum absolute atomic E-state index is 0.732. The van der Waals surface area contributed by atoms with Crippen LogP contribution >= 0.6 is 11.8 Å². The van der Waals surface area contributed by atoms with Crippen LogP contribution in [-0.2, 0) is 12.3 Å². The Bertz CT molecular complexity index is 289. The average molecular weight is 225 g/mol. The van der Waals surface area contributed by atoms with E-state index in [0.29, 0.717) is 0 Å². The zero-order chi connectivity index (χ0) is 11.1. The Morgan fingerprint density at radius 2 is 2.27 bits per heavy atom. The maximum absolute atomic E-state index is 4.46. The highest BCUT2D eigenvalue weighted by Crippen LogP contribution is 2.12. The molecule has 0 spiro atoms. The van der Waals surface area contributed by atoms with Gasteiger partial charge in [0.2, 0.25) is 0 Å². The molecule has 4 heteroatoms. The van der Waals surface area contributed by atoms with Gasteiger partial charge in [0, 0.05) is 12.7 Å². The minimum atomic E-state index is 0.732. The number of hydrogen-bond acceptors (Lipinski definition) is 4. The molecule has 1 heterocycles. The Morgan fingerprint density at radius 1 is 1.47 bits per heavy atom. The highest BCUT2D eigenvalue weighted by atomic mass is 32.2. The van der Waals surface area contributed by atoms with Crippen molar-refractivity contribution in [2.45, 2.75) is 26.1 Å². The third-order valence-electron chi connectivity index (χ3n) is 1.80. The summed E-state index contributed by atoms with van der Waals surface area (Å²) in [5.41, 5.74) is 1.06. The lowest BCUT2D eigenvalue weighted by molar-refractivity contribution is 0.749. The van der Waals surface area contributed by atoms with Crippen LogP contribution < -0.4 is 5.32 Å². The van der Waals surface area contributed by atoms with Gasteiger partial charge in [0.1, 0.15) is 5.82 Å². The number of nitrogens with zero attached hydrogens (tertiary/aromatic N) is 2. The van der Waals surface area contributed by atoms with E-state index in [4.69, 9.17) is 0 Å². The van der Waals surface area contributed by atoms with Crippen LogP contribution in [-0.4, -0.2) is 22.8 Å². The van der Waals surface area contributed by atoms with Gasteiger partial charge in [0.25, 0.3) is 0 Å². The van der Waals surface area contributed by atoms with Gasteiger partial charge in [-0.3, -0.25) is 0 Å². The quantitative estimate of drug-likeness (QED) is 0.804. The summed E-state index contributed by atoms with van der Waals surface area (Å²) in [6.45, 7) is 5.26. The van der Waals surface area contributed by atoms with Gasteiger partial charge in [-0.2, -0.15) is 11.8 Å². The Labute approximate surface area is 96.1 Å². The fourth-order valence-electron chi connectivity index (χ4n) is 1.18. The summed E-state index contributed by atoms with van der Waals surface area (Å²) < 4.78 is 0. The summed E-state index contributed by atoms with van der Waals surface area (Å²) >= 11 is 1.90.